The van der Waals surface area contributed by atoms with E-state index < -0.39 is 0 Å². The van der Waals surface area contributed by atoms with Crippen LogP contribution in [0.25, 0.3) is 91.7 Å². The molecule has 1 unspecified atom stereocenters. The van der Waals surface area contributed by atoms with E-state index in [4.69, 9.17) is 14.7 Å². The molecule has 5 heteroatoms. The maximum Gasteiger partial charge on any atom is 0.137 e. The van der Waals surface area contributed by atoms with E-state index in [1.807, 2.05) is 35.6 Å². The summed E-state index contributed by atoms with van der Waals surface area (Å²) >= 11 is 1.86. The van der Waals surface area contributed by atoms with Crippen molar-refractivity contribution in [2.75, 3.05) is 0 Å². The number of furan rings is 1. The molecule has 11 aromatic rings. The minimum atomic E-state index is -0.322. The predicted molar refractivity (Wildman–Crippen MR) is 240 cm³/mol. The second-order valence-corrected chi connectivity index (χ2v) is 15.7. The van der Waals surface area contributed by atoms with Crippen LogP contribution in [0.4, 0.5) is 0 Å². The summed E-state index contributed by atoms with van der Waals surface area (Å²) in [6, 6.07) is 64.6. The third-order valence-corrected chi connectivity index (χ3v) is 12.6. The van der Waals surface area contributed by atoms with Crippen LogP contribution >= 0.6 is 11.3 Å². The van der Waals surface area contributed by atoms with Gasteiger partial charge in [0.05, 0.1) is 22.1 Å². The highest BCUT2D eigenvalue weighted by atomic mass is 32.1. The Morgan fingerprint density at radius 3 is 2.12 bits per heavy atom. The van der Waals surface area contributed by atoms with Gasteiger partial charge in [0, 0.05) is 48.2 Å². The van der Waals surface area contributed by atoms with E-state index in [2.05, 4.69) is 168 Å². The Hall–Kier alpha value is -7.21. The van der Waals surface area contributed by atoms with Crippen LogP contribution in [-0.2, 0) is 0 Å². The molecule has 1 atom stereocenters. The normalized spacial score (nSPS) is 14.5. The van der Waals surface area contributed by atoms with E-state index in [0.29, 0.717) is 0 Å². The lowest BCUT2D eigenvalue weighted by Crippen LogP contribution is -2.09. The van der Waals surface area contributed by atoms with Crippen LogP contribution in [0.5, 0.6) is 0 Å². The number of hydrogen-bond acceptors (Lipinski definition) is 3. The zero-order valence-electron chi connectivity index (χ0n) is 30.6. The Morgan fingerprint density at radius 2 is 1.26 bits per heavy atom. The fourth-order valence-corrected chi connectivity index (χ4v) is 9.94. The number of para-hydroxylation sites is 1. The van der Waals surface area contributed by atoms with Crippen LogP contribution in [0.3, 0.4) is 0 Å². The summed E-state index contributed by atoms with van der Waals surface area (Å²) in [4.78, 5) is 5.18. The van der Waals surface area contributed by atoms with Crippen LogP contribution in [0.2, 0.25) is 0 Å². The van der Waals surface area contributed by atoms with Crippen molar-refractivity contribution in [1.82, 2.24) is 4.57 Å². The van der Waals surface area contributed by atoms with Crippen LogP contribution < -0.4 is 0 Å². The van der Waals surface area contributed by atoms with Gasteiger partial charge in [0.2, 0.25) is 0 Å². The molecule has 0 saturated heterocycles. The average molecular weight is 747 g/mol. The number of nitrogens with zero attached hydrogens (tertiary/aromatic N) is 3. The topological polar surface area (TPSA) is 44.5 Å². The fourth-order valence-electron chi connectivity index (χ4n) is 8.70. The number of aromatic nitrogens is 1. The van der Waals surface area contributed by atoms with Crippen LogP contribution in [-0.4, -0.2) is 10.3 Å². The molecule has 57 heavy (non-hydrogen) atoms. The second kappa shape index (κ2) is 12.7. The van der Waals surface area contributed by atoms with E-state index >= 15 is 0 Å². The summed E-state index contributed by atoms with van der Waals surface area (Å²) < 4.78 is 11.6. The molecular formula is C52H32N3OS-. The first-order valence-corrected chi connectivity index (χ1v) is 20.1. The minimum Gasteiger partial charge on any atom is -0.659 e. The van der Waals surface area contributed by atoms with Crippen molar-refractivity contribution in [2.45, 2.75) is 6.17 Å². The molecule has 0 amide bonds. The molecule has 3 aromatic heterocycles. The average Bonchev–Trinajstić information content (AvgIpc) is 3.96. The van der Waals surface area contributed by atoms with Crippen LogP contribution in [0, 0.1) is 0 Å². The monoisotopic (exact) mass is 746 g/mol. The first-order chi connectivity index (χ1) is 28.2. The molecule has 0 aliphatic carbocycles. The van der Waals surface area contributed by atoms with Gasteiger partial charge in [-0.25, -0.2) is 0 Å². The zero-order chi connectivity index (χ0) is 37.5. The van der Waals surface area contributed by atoms with Gasteiger partial charge in [0.25, 0.3) is 0 Å². The number of hydrogen-bond donors (Lipinski definition) is 0. The quantitative estimate of drug-likeness (QED) is 0.173. The van der Waals surface area contributed by atoms with Gasteiger partial charge >= 0.3 is 0 Å². The molecule has 12 rings (SSSR count). The Bertz CT molecular complexity index is 3420. The minimum absolute atomic E-state index is 0.322. The molecule has 0 spiro atoms. The summed E-state index contributed by atoms with van der Waals surface area (Å²) in [5.74, 6) is 0. The lowest BCUT2D eigenvalue weighted by atomic mass is 10.00. The number of allylic oxidation sites excluding steroid dienone is 1. The van der Waals surface area contributed by atoms with Gasteiger partial charge in [-0.3, -0.25) is 4.99 Å². The van der Waals surface area contributed by atoms with E-state index in [9.17, 15) is 0 Å². The zero-order valence-corrected chi connectivity index (χ0v) is 31.4. The number of benzene rings is 8. The van der Waals surface area contributed by atoms with Crippen molar-refractivity contribution in [3.05, 3.63) is 210 Å². The summed E-state index contributed by atoms with van der Waals surface area (Å²) in [6.45, 7) is 0. The lowest BCUT2D eigenvalue weighted by Gasteiger charge is -2.37. The first kappa shape index (κ1) is 32.1. The molecule has 0 radical (unpaired) electrons. The molecule has 0 bridgehead atoms. The van der Waals surface area contributed by atoms with Crippen molar-refractivity contribution >= 4 is 86.7 Å². The third kappa shape index (κ3) is 5.10. The molecule has 1 aliphatic heterocycles. The Morgan fingerprint density at radius 1 is 0.544 bits per heavy atom. The van der Waals surface area contributed by atoms with Crippen LogP contribution in [0.1, 0.15) is 22.9 Å². The molecule has 4 nitrogen and oxygen atoms in total. The molecule has 8 aromatic carbocycles. The van der Waals surface area contributed by atoms with Gasteiger partial charge in [0.1, 0.15) is 11.2 Å². The van der Waals surface area contributed by atoms with Crippen molar-refractivity contribution in [3.8, 4) is 16.8 Å². The van der Waals surface area contributed by atoms with Gasteiger partial charge in [-0.2, -0.15) is 0 Å². The Kier molecular flexibility index (Phi) is 7.13. The lowest BCUT2D eigenvalue weighted by molar-refractivity contribution is 0.669. The number of fused-ring (bicyclic) bond motifs is 10. The number of thiophene rings is 1. The summed E-state index contributed by atoms with van der Waals surface area (Å²) in [5, 5.41) is 12.3. The maximum absolute atomic E-state index is 6.62. The Labute approximate surface area is 332 Å². The van der Waals surface area contributed by atoms with E-state index in [1.54, 1.807) is 0 Å². The van der Waals surface area contributed by atoms with Gasteiger partial charge in [-0.15, -0.1) is 17.0 Å². The second-order valence-electron chi connectivity index (χ2n) is 14.7. The highest BCUT2D eigenvalue weighted by molar-refractivity contribution is 7.26. The summed E-state index contributed by atoms with van der Waals surface area (Å²) in [6.07, 6.45) is 1.79. The molecule has 4 heterocycles. The van der Waals surface area contributed by atoms with Gasteiger partial charge in [0.15, 0.2) is 0 Å². The predicted octanol–water partition coefficient (Wildman–Crippen LogP) is 14.6. The van der Waals surface area contributed by atoms with Gasteiger partial charge in [-0.1, -0.05) is 140 Å². The van der Waals surface area contributed by atoms with E-state index in [1.165, 1.54) is 42.1 Å². The first-order valence-electron chi connectivity index (χ1n) is 19.3. The highest BCUT2D eigenvalue weighted by Gasteiger charge is 2.21. The number of aliphatic imine (C=N–C) groups is 1. The maximum atomic E-state index is 6.62. The number of rotatable bonds is 5. The molecule has 0 fully saturated rings. The molecule has 0 saturated carbocycles. The largest absolute Gasteiger partial charge is 0.659 e. The Balaban J connectivity index is 1.03. The molecular weight excluding hydrogens is 715 g/mol. The SMILES string of the molecule is C1=C(c2ccccc2)[N-]C(c2ccccc2)N=C1c1ccc(-n2c3ccccc3c3ccc4oc5ccc(-c6cccc7c6sc6ccccc67)cc5c4c32)cc1. The van der Waals surface area contributed by atoms with E-state index in [-0.39, 0.29) is 6.17 Å². The standard InChI is InChI=1S/C52H32N3OS/c1-3-12-32(13-4-1)43-31-44(54-52(53-43)34-14-5-2-6-15-34)33-22-25-36(26-23-33)55-45-20-9-7-16-38(45)40-27-29-47-49(50(40)55)42-30-35(24-28-46(42)56-47)37-18-11-19-41-39-17-8-10-21-48(39)57-51(37)41/h1-31,52H/q-1. The molecule has 1 aliphatic rings. The summed E-state index contributed by atoms with van der Waals surface area (Å²) in [5.41, 5.74) is 12.6. The third-order valence-electron chi connectivity index (χ3n) is 11.4. The van der Waals surface area contributed by atoms with Crippen molar-refractivity contribution in [3.63, 3.8) is 0 Å². The highest BCUT2D eigenvalue weighted by Crippen LogP contribution is 2.45. The summed E-state index contributed by atoms with van der Waals surface area (Å²) in [7, 11) is 0. The molecule has 0 N–H and O–H groups in total. The molecule has 268 valence electrons. The van der Waals surface area contributed by atoms with E-state index in [0.717, 1.165) is 66.8 Å². The van der Waals surface area contributed by atoms with Crippen molar-refractivity contribution < 1.29 is 4.42 Å². The van der Waals surface area contributed by atoms with Crippen molar-refractivity contribution in [2.24, 2.45) is 4.99 Å². The smallest absolute Gasteiger partial charge is 0.137 e. The van der Waals surface area contributed by atoms with Crippen molar-refractivity contribution in [1.29, 1.82) is 0 Å². The van der Waals surface area contributed by atoms with Gasteiger partial charge in [-0.05, 0) is 76.3 Å². The fraction of sp³-hybridized carbons (Fsp3) is 0.0192. The van der Waals surface area contributed by atoms with Crippen LogP contribution in [0.15, 0.2) is 197 Å². The van der Waals surface area contributed by atoms with Gasteiger partial charge < -0.3 is 14.3 Å².